The third-order valence-electron chi connectivity index (χ3n) is 3.18. The number of rotatable bonds is 4. The molecule has 0 bridgehead atoms. The van der Waals surface area contributed by atoms with Crippen molar-refractivity contribution in [2.75, 3.05) is 12.9 Å². The van der Waals surface area contributed by atoms with Gasteiger partial charge in [-0.3, -0.25) is 10.1 Å². The molecule has 5 nitrogen and oxygen atoms in total. The molecule has 21 heavy (non-hydrogen) atoms. The van der Waals surface area contributed by atoms with Crippen LogP contribution < -0.4 is 10.1 Å². The van der Waals surface area contributed by atoms with Gasteiger partial charge < -0.3 is 9.84 Å². The number of aliphatic carboxylic acids is 1. The largest absolute Gasteiger partial charge is 0.497 e. The fourth-order valence-corrected chi connectivity index (χ4v) is 4.37. The summed E-state index contributed by atoms with van der Waals surface area (Å²) in [6, 6.07) is 7.32. The zero-order chi connectivity index (χ0) is 14.8. The molecule has 1 saturated heterocycles. The average Bonchev–Trinajstić information content (AvgIpc) is 3.16. The van der Waals surface area contributed by atoms with Gasteiger partial charge in [-0.1, -0.05) is 12.1 Å². The van der Waals surface area contributed by atoms with Gasteiger partial charge in [0.05, 0.1) is 12.0 Å². The van der Waals surface area contributed by atoms with E-state index in [4.69, 9.17) is 9.84 Å². The van der Waals surface area contributed by atoms with E-state index in [0.29, 0.717) is 5.75 Å². The van der Waals surface area contributed by atoms with E-state index in [0.717, 1.165) is 21.2 Å². The Morgan fingerprint density at radius 3 is 3.10 bits per heavy atom. The molecule has 2 atom stereocenters. The van der Waals surface area contributed by atoms with Crippen molar-refractivity contribution in [2.45, 2.75) is 11.4 Å². The van der Waals surface area contributed by atoms with Crippen molar-refractivity contribution >= 4 is 29.1 Å². The van der Waals surface area contributed by atoms with Gasteiger partial charge in [0.1, 0.15) is 22.2 Å². The molecule has 1 aliphatic rings. The number of carbonyl (C=O) groups is 1. The number of thiazole rings is 1. The van der Waals surface area contributed by atoms with Gasteiger partial charge in [-0.15, -0.1) is 23.1 Å². The Morgan fingerprint density at radius 1 is 1.52 bits per heavy atom. The van der Waals surface area contributed by atoms with E-state index in [1.807, 2.05) is 30.5 Å². The van der Waals surface area contributed by atoms with Gasteiger partial charge in [-0.25, -0.2) is 4.98 Å². The molecule has 0 aliphatic carbocycles. The summed E-state index contributed by atoms with van der Waals surface area (Å²) >= 11 is 3.15. The summed E-state index contributed by atoms with van der Waals surface area (Å²) < 4.78 is 5.23. The van der Waals surface area contributed by atoms with Gasteiger partial charge in [0, 0.05) is 11.9 Å². The monoisotopic (exact) mass is 322 g/mol. The first kappa shape index (κ1) is 14.4. The number of nitrogens with zero attached hydrogens (tertiary/aromatic N) is 1. The Hall–Kier alpha value is -1.57. The third kappa shape index (κ3) is 3.04. The number of carboxylic acid groups (broad SMARTS) is 1. The van der Waals surface area contributed by atoms with Crippen molar-refractivity contribution in [1.29, 1.82) is 0 Å². The highest BCUT2D eigenvalue weighted by Gasteiger charge is 2.31. The number of carboxylic acids is 1. The molecule has 2 unspecified atom stereocenters. The lowest BCUT2D eigenvalue weighted by Crippen LogP contribution is -2.33. The number of hydrogen-bond donors (Lipinski definition) is 2. The predicted octanol–water partition coefficient (Wildman–Crippen LogP) is 2.61. The lowest BCUT2D eigenvalue weighted by molar-refractivity contribution is -0.138. The Bertz CT molecular complexity index is 659. The second-order valence-electron chi connectivity index (χ2n) is 4.57. The van der Waals surface area contributed by atoms with E-state index >= 15 is 0 Å². The molecule has 0 saturated carbocycles. The normalized spacial score (nSPS) is 21.4. The van der Waals surface area contributed by atoms with Gasteiger partial charge in [0.15, 0.2) is 0 Å². The van der Waals surface area contributed by atoms with Crippen LogP contribution in [0.3, 0.4) is 0 Å². The van der Waals surface area contributed by atoms with Crippen molar-refractivity contribution in [3.63, 3.8) is 0 Å². The molecule has 2 aromatic rings. The molecule has 1 fully saturated rings. The Balaban J connectivity index is 1.79. The summed E-state index contributed by atoms with van der Waals surface area (Å²) in [5.74, 6) is 0.560. The second-order valence-corrected chi connectivity index (χ2v) is 6.77. The van der Waals surface area contributed by atoms with E-state index in [9.17, 15) is 4.79 Å². The first-order chi connectivity index (χ1) is 10.2. The predicted molar refractivity (Wildman–Crippen MR) is 83.9 cm³/mol. The van der Waals surface area contributed by atoms with Gasteiger partial charge in [0.25, 0.3) is 0 Å². The smallest absolute Gasteiger partial charge is 0.321 e. The molecule has 0 radical (unpaired) electrons. The fraction of sp³-hybridized carbons (Fsp3) is 0.286. The van der Waals surface area contributed by atoms with Crippen LogP contribution in [0, 0.1) is 0 Å². The van der Waals surface area contributed by atoms with Crippen LogP contribution in [-0.2, 0) is 4.79 Å². The van der Waals surface area contributed by atoms with Crippen LogP contribution in [0.5, 0.6) is 5.75 Å². The number of methoxy groups -OCH3 is 1. The van der Waals surface area contributed by atoms with E-state index in [1.54, 1.807) is 30.2 Å². The molecule has 1 aliphatic heterocycles. The van der Waals surface area contributed by atoms with Crippen LogP contribution in [-0.4, -0.2) is 35.0 Å². The minimum Gasteiger partial charge on any atom is -0.497 e. The Morgan fingerprint density at radius 2 is 2.38 bits per heavy atom. The van der Waals surface area contributed by atoms with Crippen LogP contribution in [0.15, 0.2) is 30.5 Å². The SMILES string of the molecule is COc1cccc(-c2cnc(C3NC(C(=O)O)CS3)s2)c1. The van der Waals surface area contributed by atoms with Crippen molar-refractivity contribution in [1.82, 2.24) is 10.3 Å². The average molecular weight is 322 g/mol. The van der Waals surface area contributed by atoms with Crippen LogP contribution in [0.1, 0.15) is 10.4 Å². The number of hydrogen-bond acceptors (Lipinski definition) is 6. The molecule has 0 amide bonds. The standard InChI is InChI=1S/C14H14N2O3S2/c1-19-9-4-2-3-8(5-9)11-6-15-12(21-11)13-16-10(7-20-13)14(17)18/h2-6,10,13,16H,7H2,1H3,(H,17,18). The number of aromatic nitrogens is 1. The molecule has 7 heteroatoms. The molecule has 1 aromatic heterocycles. The summed E-state index contributed by atoms with van der Waals surface area (Å²) in [6.07, 6.45) is 1.82. The van der Waals surface area contributed by atoms with Crippen molar-refractivity contribution in [3.05, 3.63) is 35.5 Å². The number of benzene rings is 1. The highest BCUT2D eigenvalue weighted by molar-refractivity contribution is 7.99. The maximum absolute atomic E-state index is 11.0. The zero-order valence-electron chi connectivity index (χ0n) is 11.3. The van der Waals surface area contributed by atoms with Gasteiger partial charge in [-0.2, -0.15) is 0 Å². The van der Waals surface area contributed by atoms with Crippen LogP contribution in [0.2, 0.25) is 0 Å². The summed E-state index contributed by atoms with van der Waals surface area (Å²) in [5, 5.41) is 13.0. The lowest BCUT2D eigenvalue weighted by atomic mass is 10.2. The molecule has 0 spiro atoms. The lowest BCUT2D eigenvalue weighted by Gasteiger charge is -2.07. The molecular formula is C14H14N2O3S2. The minimum atomic E-state index is -0.811. The zero-order valence-corrected chi connectivity index (χ0v) is 12.9. The number of ether oxygens (including phenoxy) is 1. The molecular weight excluding hydrogens is 308 g/mol. The van der Waals surface area contributed by atoms with Crippen LogP contribution >= 0.6 is 23.1 Å². The number of thioether (sulfide) groups is 1. The van der Waals surface area contributed by atoms with Gasteiger partial charge in [-0.05, 0) is 17.7 Å². The molecule has 3 rings (SSSR count). The fourth-order valence-electron chi connectivity index (χ4n) is 2.08. The topological polar surface area (TPSA) is 71.5 Å². The minimum absolute atomic E-state index is 0.0459. The molecule has 110 valence electrons. The Labute approximate surface area is 130 Å². The highest BCUT2D eigenvalue weighted by atomic mass is 32.2. The summed E-state index contributed by atoms with van der Waals surface area (Å²) in [6.45, 7) is 0. The van der Waals surface area contributed by atoms with E-state index in [2.05, 4.69) is 10.3 Å². The maximum Gasteiger partial charge on any atom is 0.321 e. The van der Waals surface area contributed by atoms with Crippen LogP contribution in [0.4, 0.5) is 0 Å². The van der Waals surface area contributed by atoms with E-state index < -0.39 is 12.0 Å². The summed E-state index contributed by atoms with van der Waals surface area (Å²) in [5.41, 5.74) is 1.05. The van der Waals surface area contributed by atoms with Crippen molar-refractivity contribution in [2.24, 2.45) is 0 Å². The highest BCUT2D eigenvalue weighted by Crippen LogP contribution is 2.38. The van der Waals surface area contributed by atoms with Gasteiger partial charge >= 0.3 is 5.97 Å². The van der Waals surface area contributed by atoms with Gasteiger partial charge in [0.2, 0.25) is 0 Å². The molecule has 2 N–H and O–H groups in total. The van der Waals surface area contributed by atoms with E-state index in [-0.39, 0.29) is 5.37 Å². The first-order valence-corrected chi connectivity index (χ1v) is 8.24. The maximum atomic E-state index is 11.0. The van der Waals surface area contributed by atoms with Crippen molar-refractivity contribution < 1.29 is 14.6 Å². The Kier molecular flexibility index (Phi) is 4.14. The third-order valence-corrected chi connectivity index (χ3v) is 5.66. The first-order valence-electron chi connectivity index (χ1n) is 6.38. The summed E-state index contributed by atoms with van der Waals surface area (Å²) in [7, 11) is 1.64. The number of nitrogens with one attached hydrogen (secondary N) is 1. The van der Waals surface area contributed by atoms with Crippen LogP contribution in [0.25, 0.3) is 10.4 Å². The second kappa shape index (κ2) is 6.05. The van der Waals surface area contributed by atoms with E-state index in [1.165, 1.54) is 0 Å². The van der Waals surface area contributed by atoms with Crippen molar-refractivity contribution in [3.8, 4) is 16.2 Å². The molecule has 1 aromatic carbocycles. The quantitative estimate of drug-likeness (QED) is 0.901. The molecule has 2 heterocycles. The summed E-state index contributed by atoms with van der Waals surface area (Å²) in [4.78, 5) is 16.4.